The molecule has 0 saturated carbocycles. The monoisotopic (exact) mass is 450 g/mol. The molecule has 1 aliphatic carbocycles. The van der Waals surface area contributed by atoms with Crippen molar-refractivity contribution < 1.29 is 14.6 Å². The fourth-order valence-electron chi connectivity index (χ4n) is 3.53. The number of ether oxygens (including phenoxy) is 1. The van der Waals surface area contributed by atoms with Crippen LogP contribution in [0.2, 0.25) is 0 Å². The van der Waals surface area contributed by atoms with Crippen LogP contribution < -0.4 is 5.32 Å². The summed E-state index contributed by atoms with van der Waals surface area (Å²) in [5.74, 6) is 0.108. The standard InChI is InChI=1S/C23H19BrN2O3/c24-22-12-11-21(27)20(26-22)10-5-13-25-23(28)29-14-19-17-8-3-1-6-15(17)16-7-2-4-9-18(16)19/h1-12,19,27H,13-14H2,(H,25,28). The highest BCUT2D eigenvalue weighted by Crippen LogP contribution is 2.44. The maximum absolute atomic E-state index is 12.1. The number of alkyl carbamates (subject to hydrolysis) is 1. The second kappa shape index (κ2) is 8.49. The summed E-state index contributed by atoms with van der Waals surface area (Å²) >= 11 is 3.26. The first-order chi connectivity index (χ1) is 14.1. The third-order valence-corrected chi connectivity index (χ3v) is 5.29. The lowest BCUT2D eigenvalue weighted by atomic mass is 9.98. The van der Waals surface area contributed by atoms with E-state index in [-0.39, 0.29) is 24.8 Å². The summed E-state index contributed by atoms with van der Waals surface area (Å²) in [7, 11) is 0. The van der Waals surface area contributed by atoms with Gasteiger partial charge in [-0.15, -0.1) is 0 Å². The first-order valence-electron chi connectivity index (χ1n) is 9.24. The van der Waals surface area contributed by atoms with Crippen LogP contribution in [0.25, 0.3) is 17.2 Å². The zero-order valence-corrected chi connectivity index (χ0v) is 17.1. The van der Waals surface area contributed by atoms with Crippen molar-refractivity contribution in [3.05, 3.63) is 88.2 Å². The molecule has 0 spiro atoms. The maximum Gasteiger partial charge on any atom is 0.407 e. The van der Waals surface area contributed by atoms with Crippen molar-refractivity contribution in [2.45, 2.75) is 5.92 Å². The van der Waals surface area contributed by atoms with Crippen LogP contribution in [0.4, 0.5) is 4.79 Å². The lowest BCUT2D eigenvalue weighted by Crippen LogP contribution is -2.26. The summed E-state index contributed by atoms with van der Waals surface area (Å²) in [5.41, 5.74) is 5.17. The van der Waals surface area contributed by atoms with Crippen LogP contribution in [-0.2, 0) is 4.74 Å². The molecule has 1 amide bonds. The molecule has 0 bridgehead atoms. The van der Waals surface area contributed by atoms with Crippen LogP contribution in [0.5, 0.6) is 5.75 Å². The van der Waals surface area contributed by atoms with Gasteiger partial charge in [0, 0.05) is 12.5 Å². The minimum atomic E-state index is -0.483. The Labute approximate surface area is 177 Å². The van der Waals surface area contributed by atoms with E-state index in [0.29, 0.717) is 10.3 Å². The van der Waals surface area contributed by atoms with E-state index in [4.69, 9.17) is 4.74 Å². The van der Waals surface area contributed by atoms with E-state index in [9.17, 15) is 9.90 Å². The van der Waals surface area contributed by atoms with Gasteiger partial charge in [-0.1, -0.05) is 54.6 Å². The number of pyridine rings is 1. The van der Waals surface area contributed by atoms with Crippen LogP contribution >= 0.6 is 15.9 Å². The van der Waals surface area contributed by atoms with Gasteiger partial charge < -0.3 is 15.2 Å². The first-order valence-corrected chi connectivity index (χ1v) is 10.0. The van der Waals surface area contributed by atoms with E-state index in [0.717, 1.165) is 0 Å². The number of fused-ring (bicyclic) bond motifs is 3. The molecule has 1 aromatic heterocycles. The molecule has 2 N–H and O–H groups in total. The summed E-state index contributed by atoms with van der Waals surface area (Å²) in [6.45, 7) is 0.544. The molecule has 4 rings (SSSR count). The molecule has 1 heterocycles. The lowest BCUT2D eigenvalue weighted by Gasteiger charge is -2.14. The summed E-state index contributed by atoms with van der Waals surface area (Å²) in [4.78, 5) is 16.3. The number of hydrogen-bond acceptors (Lipinski definition) is 4. The molecule has 0 fully saturated rings. The number of carbonyl (C=O) groups excluding carboxylic acids is 1. The average Bonchev–Trinajstić information content (AvgIpc) is 3.06. The van der Waals surface area contributed by atoms with Crippen molar-refractivity contribution >= 4 is 28.1 Å². The molecule has 0 atom stereocenters. The number of carbonyl (C=O) groups is 1. The zero-order valence-electron chi connectivity index (χ0n) is 15.5. The predicted molar refractivity (Wildman–Crippen MR) is 116 cm³/mol. The molecule has 6 heteroatoms. The van der Waals surface area contributed by atoms with Crippen molar-refractivity contribution in [3.8, 4) is 16.9 Å². The highest BCUT2D eigenvalue weighted by molar-refractivity contribution is 9.10. The lowest BCUT2D eigenvalue weighted by molar-refractivity contribution is 0.144. The van der Waals surface area contributed by atoms with Gasteiger partial charge in [0.15, 0.2) is 0 Å². The molecule has 5 nitrogen and oxygen atoms in total. The zero-order chi connectivity index (χ0) is 20.2. The first kappa shape index (κ1) is 19.2. The van der Waals surface area contributed by atoms with E-state index < -0.39 is 6.09 Å². The van der Waals surface area contributed by atoms with E-state index in [1.54, 1.807) is 24.3 Å². The Hall–Kier alpha value is -3.12. The van der Waals surface area contributed by atoms with Crippen molar-refractivity contribution in [3.63, 3.8) is 0 Å². The predicted octanol–water partition coefficient (Wildman–Crippen LogP) is 5.10. The Morgan fingerprint density at radius 1 is 1.07 bits per heavy atom. The van der Waals surface area contributed by atoms with Gasteiger partial charge in [0.05, 0.1) is 0 Å². The number of aromatic hydroxyl groups is 1. The fraction of sp³-hybridized carbons (Fsp3) is 0.130. The average molecular weight is 451 g/mol. The van der Waals surface area contributed by atoms with Gasteiger partial charge in [0.2, 0.25) is 0 Å². The second-order valence-electron chi connectivity index (χ2n) is 6.65. The van der Waals surface area contributed by atoms with Crippen molar-refractivity contribution in [2.24, 2.45) is 0 Å². The number of benzene rings is 2. The molecule has 0 unspecified atom stereocenters. The highest BCUT2D eigenvalue weighted by atomic mass is 79.9. The van der Waals surface area contributed by atoms with Gasteiger partial charge in [-0.2, -0.15) is 0 Å². The molecule has 3 aromatic rings. The Balaban J connectivity index is 1.34. The van der Waals surface area contributed by atoms with Crippen molar-refractivity contribution in [1.29, 1.82) is 0 Å². The number of nitrogens with one attached hydrogen (secondary N) is 1. The normalized spacial score (nSPS) is 12.6. The van der Waals surface area contributed by atoms with Gasteiger partial charge in [0.1, 0.15) is 22.7 Å². The quantitative estimate of drug-likeness (QED) is 0.530. The summed E-state index contributed by atoms with van der Waals surface area (Å²) in [6.07, 6.45) is 2.86. The van der Waals surface area contributed by atoms with Crippen LogP contribution in [0.1, 0.15) is 22.7 Å². The minimum Gasteiger partial charge on any atom is -0.506 e. The topological polar surface area (TPSA) is 71.5 Å². The summed E-state index contributed by atoms with van der Waals surface area (Å²) in [6, 6.07) is 19.6. The van der Waals surface area contributed by atoms with Crippen LogP contribution in [0.15, 0.2) is 71.3 Å². The van der Waals surface area contributed by atoms with Gasteiger partial charge in [-0.05, 0) is 56.4 Å². The van der Waals surface area contributed by atoms with Crippen molar-refractivity contribution in [2.75, 3.05) is 13.2 Å². The number of amides is 1. The van der Waals surface area contributed by atoms with E-state index in [1.807, 2.05) is 24.3 Å². The van der Waals surface area contributed by atoms with Crippen LogP contribution in [0, 0.1) is 0 Å². The third-order valence-electron chi connectivity index (χ3n) is 4.85. The van der Waals surface area contributed by atoms with Gasteiger partial charge >= 0.3 is 6.09 Å². The minimum absolute atomic E-state index is 0.0338. The summed E-state index contributed by atoms with van der Waals surface area (Å²) in [5, 5.41) is 12.5. The fourth-order valence-corrected chi connectivity index (χ4v) is 3.85. The Morgan fingerprint density at radius 3 is 2.41 bits per heavy atom. The van der Waals surface area contributed by atoms with Gasteiger partial charge in [-0.3, -0.25) is 0 Å². The molecule has 0 aliphatic heterocycles. The number of hydrogen-bond donors (Lipinski definition) is 2. The molecular weight excluding hydrogens is 432 g/mol. The smallest absolute Gasteiger partial charge is 0.407 e. The van der Waals surface area contributed by atoms with E-state index >= 15 is 0 Å². The Kier molecular flexibility index (Phi) is 5.62. The van der Waals surface area contributed by atoms with Crippen LogP contribution in [-0.4, -0.2) is 29.3 Å². The molecule has 0 saturated heterocycles. The number of aromatic nitrogens is 1. The van der Waals surface area contributed by atoms with Gasteiger partial charge in [0.25, 0.3) is 0 Å². The number of rotatable bonds is 5. The molecule has 146 valence electrons. The number of halogens is 1. The SMILES string of the molecule is O=C(NCC=Cc1nc(Br)ccc1O)OCC1c2ccccc2-c2ccccc21. The molecule has 2 aromatic carbocycles. The van der Waals surface area contributed by atoms with Gasteiger partial charge in [-0.25, -0.2) is 9.78 Å². The maximum atomic E-state index is 12.1. The second-order valence-corrected chi connectivity index (χ2v) is 7.46. The van der Waals surface area contributed by atoms with E-state index in [2.05, 4.69) is 50.5 Å². The Morgan fingerprint density at radius 2 is 1.72 bits per heavy atom. The third kappa shape index (κ3) is 4.17. The molecule has 0 radical (unpaired) electrons. The Bertz CT molecular complexity index is 1040. The molecule has 29 heavy (non-hydrogen) atoms. The molecule has 1 aliphatic rings. The van der Waals surface area contributed by atoms with E-state index in [1.165, 1.54) is 22.3 Å². The highest BCUT2D eigenvalue weighted by Gasteiger charge is 2.28. The number of nitrogens with zero attached hydrogens (tertiary/aromatic N) is 1. The summed E-state index contributed by atoms with van der Waals surface area (Å²) < 4.78 is 6.10. The molecular formula is C23H19BrN2O3. The van der Waals surface area contributed by atoms with Crippen molar-refractivity contribution in [1.82, 2.24) is 10.3 Å². The van der Waals surface area contributed by atoms with Crippen LogP contribution in [0.3, 0.4) is 0 Å². The largest absolute Gasteiger partial charge is 0.506 e.